The van der Waals surface area contributed by atoms with Crippen LogP contribution in [0.5, 0.6) is 0 Å². The average Bonchev–Trinajstić information content (AvgIpc) is 2.74. The number of rotatable bonds is 3. The maximum Gasteiger partial charge on any atom is 1.00 e. The predicted octanol–water partition coefficient (Wildman–Crippen LogP) is -5.13. The summed E-state index contributed by atoms with van der Waals surface area (Å²) >= 11 is 0. The van der Waals surface area contributed by atoms with E-state index in [1.54, 1.807) is 0 Å². The van der Waals surface area contributed by atoms with E-state index in [0.717, 1.165) is 4.90 Å². The Morgan fingerprint density at radius 1 is 1.47 bits per heavy atom. The van der Waals surface area contributed by atoms with E-state index in [9.17, 15) is 19.5 Å². The van der Waals surface area contributed by atoms with Gasteiger partial charge in [0.15, 0.2) is 0 Å². The summed E-state index contributed by atoms with van der Waals surface area (Å²) < 4.78 is 0. The van der Waals surface area contributed by atoms with Crippen LogP contribution >= 0.6 is 0 Å². The van der Waals surface area contributed by atoms with Crippen molar-refractivity contribution in [1.29, 1.82) is 0 Å². The summed E-state index contributed by atoms with van der Waals surface area (Å²) in [5.74, 6) is -3.89. The molecule has 90 valence electrons. The number of nitrogens with zero attached hydrogens (tertiary/aromatic N) is 1. The number of hydroxylamine groups is 1. The Morgan fingerprint density at radius 3 is 2.53 bits per heavy atom. The number of carbonyl (C=O) groups excluding carboxylic acids is 3. The quantitative estimate of drug-likeness (QED) is 0.226. The van der Waals surface area contributed by atoms with E-state index in [2.05, 4.69) is 0 Å². The number of carboxylic acid groups (broad SMARTS) is 1. The van der Waals surface area contributed by atoms with Gasteiger partial charge in [-0.25, -0.2) is 5.48 Å². The van der Waals surface area contributed by atoms with Gasteiger partial charge in [-0.05, 0) is 19.8 Å². The number of carboxylic acids is 1. The number of carbonyl (C=O) groups is 3. The molecule has 0 aromatic heterocycles. The van der Waals surface area contributed by atoms with E-state index < -0.39 is 29.7 Å². The van der Waals surface area contributed by atoms with Crippen LogP contribution in [0.25, 0.3) is 0 Å². The predicted molar refractivity (Wildman–Crippen MR) is 48.8 cm³/mol. The molecule has 7 nitrogen and oxygen atoms in total. The minimum atomic E-state index is -1.32. The molecule has 1 aliphatic heterocycles. The summed E-state index contributed by atoms with van der Waals surface area (Å²) in [6.07, 6.45) is 0.902. The first-order chi connectivity index (χ1) is 7.49. The van der Waals surface area contributed by atoms with E-state index in [1.165, 1.54) is 12.4 Å². The molecule has 0 aromatic carbocycles. The topological polar surface area (TPSA) is 110 Å². The molecular formula is C9H13N2NaO5. The summed E-state index contributed by atoms with van der Waals surface area (Å²) in [6, 6.07) is -0.971. The van der Waals surface area contributed by atoms with Crippen LogP contribution in [0.1, 0.15) is 19.8 Å². The van der Waals surface area contributed by atoms with Crippen molar-refractivity contribution in [1.82, 2.24) is 10.4 Å². The fourth-order valence-electron chi connectivity index (χ4n) is 1.73. The van der Waals surface area contributed by atoms with Crippen molar-refractivity contribution in [2.24, 2.45) is 5.92 Å². The first-order valence-electron chi connectivity index (χ1n) is 4.94. The molecule has 1 aliphatic rings. The van der Waals surface area contributed by atoms with Crippen LogP contribution in [0, 0.1) is 5.92 Å². The maximum atomic E-state index is 11.7. The standard InChI is InChI=1S/C9H14N2O5.Na/c1-5(7(12)10-16)8(13)11-4-2-3-6(11)9(14)15;/h5-6,16H,2-4H2,1H3,(H,10,12)(H,14,15);/q;+1/p-1/t5?,6-;/m0./s1. The molecule has 8 heteroatoms. The Bertz CT molecular complexity index is 323. The zero-order valence-corrected chi connectivity index (χ0v) is 11.8. The molecule has 1 rings (SSSR count). The van der Waals surface area contributed by atoms with E-state index in [1.807, 2.05) is 0 Å². The van der Waals surface area contributed by atoms with Crippen LogP contribution in [0.15, 0.2) is 0 Å². The zero-order chi connectivity index (χ0) is 12.3. The Kier molecular flexibility index (Phi) is 6.69. The monoisotopic (exact) mass is 252 g/mol. The van der Waals surface area contributed by atoms with Crippen molar-refractivity contribution in [3.63, 3.8) is 0 Å². The Morgan fingerprint density at radius 2 is 2.06 bits per heavy atom. The van der Waals surface area contributed by atoms with Gasteiger partial charge >= 0.3 is 29.6 Å². The van der Waals surface area contributed by atoms with Gasteiger partial charge in [0.05, 0.1) is 12.0 Å². The van der Waals surface area contributed by atoms with Crippen LogP contribution in [0.2, 0.25) is 0 Å². The number of hydrogen-bond acceptors (Lipinski definition) is 5. The van der Waals surface area contributed by atoms with Crippen LogP contribution in [-0.2, 0) is 14.4 Å². The third-order valence-corrected chi connectivity index (χ3v) is 2.68. The first kappa shape index (κ1) is 16.4. The van der Waals surface area contributed by atoms with Gasteiger partial charge in [-0.15, -0.1) is 0 Å². The molecule has 0 aromatic rings. The van der Waals surface area contributed by atoms with Gasteiger partial charge < -0.3 is 14.8 Å². The molecular weight excluding hydrogens is 239 g/mol. The second kappa shape index (κ2) is 6.95. The van der Waals surface area contributed by atoms with Gasteiger partial charge in [0.1, 0.15) is 5.92 Å². The van der Waals surface area contributed by atoms with Gasteiger partial charge in [-0.2, -0.15) is 0 Å². The fourth-order valence-corrected chi connectivity index (χ4v) is 1.73. The summed E-state index contributed by atoms with van der Waals surface area (Å²) in [5.41, 5.74) is 1.36. The molecule has 0 saturated carbocycles. The van der Waals surface area contributed by atoms with Gasteiger partial charge in [0.2, 0.25) is 5.91 Å². The van der Waals surface area contributed by atoms with Crippen molar-refractivity contribution in [2.75, 3.05) is 6.54 Å². The SMILES string of the molecule is CC(C(=O)NO)C(=O)N1CCC[C@H]1C(=O)[O-].[Na+]. The third-order valence-electron chi connectivity index (χ3n) is 2.68. The van der Waals surface area contributed by atoms with Crippen LogP contribution in [0.4, 0.5) is 0 Å². The minimum Gasteiger partial charge on any atom is -0.548 e. The molecule has 2 N–H and O–H groups in total. The second-order valence-corrected chi connectivity index (χ2v) is 3.71. The van der Waals surface area contributed by atoms with Crippen LogP contribution in [0.3, 0.4) is 0 Å². The van der Waals surface area contributed by atoms with Crippen molar-refractivity contribution in [3.05, 3.63) is 0 Å². The third kappa shape index (κ3) is 3.67. The van der Waals surface area contributed by atoms with Gasteiger partial charge in [-0.1, -0.05) is 0 Å². The molecule has 0 spiro atoms. The van der Waals surface area contributed by atoms with Gasteiger partial charge in [0.25, 0.3) is 5.91 Å². The van der Waals surface area contributed by atoms with Crippen molar-refractivity contribution >= 4 is 17.8 Å². The largest absolute Gasteiger partial charge is 1.00 e. The molecule has 1 heterocycles. The van der Waals surface area contributed by atoms with E-state index in [4.69, 9.17) is 5.21 Å². The molecule has 1 saturated heterocycles. The van der Waals surface area contributed by atoms with Crippen molar-refractivity contribution in [3.8, 4) is 0 Å². The van der Waals surface area contributed by atoms with Crippen molar-refractivity contribution in [2.45, 2.75) is 25.8 Å². The molecule has 1 fully saturated rings. The van der Waals surface area contributed by atoms with Crippen molar-refractivity contribution < 1.29 is 54.3 Å². The Balaban J connectivity index is 0.00000256. The number of likely N-dealkylation sites (tertiary alicyclic amines) is 1. The molecule has 1 unspecified atom stereocenters. The summed E-state index contributed by atoms with van der Waals surface area (Å²) in [5, 5.41) is 19.1. The maximum absolute atomic E-state index is 11.7. The number of aliphatic carboxylic acids is 1. The van der Waals surface area contributed by atoms with E-state index in [-0.39, 0.29) is 29.6 Å². The number of hydrogen-bond donors (Lipinski definition) is 2. The fraction of sp³-hybridized carbons (Fsp3) is 0.667. The van der Waals surface area contributed by atoms with E-state index in [0.29, 0.717) is 19.4 Å². The second-order valence-electron chi connectivity index (χ2n) is 3.71. The zero-order valence-electron chi connectivity index (χ0n) is 9.80. The number of amides is 2. The first-order valence-corrected chi connectivity index (χ1v) is 4.94. The van der Waals surface area contributed by atoms with Gasteiger partial charge in [-0.3, -0.25) is 14.8 Å². The molecule has 2 amide bonds. The smallest absolute Gasteiger partial charge is 0.548 e. The molecule has 2 atom stereocenters. The minimum absolute atomic E-state index is 0. The summed E-state index contributed by atoms with van der Waals surface area (Å²) in [7, 11) is 0. The van der Waals surface area contributed by atoms with Crippen LogP contribution < -0.4 is 40.1 Å². The molecule has 0 radical (unpaired) electrons. The average molecular weight is 252 g/mol. The summed E-state index contributed by atoms with van der Waals surface area (Å²) in [6.45, 7) is 1.60. The number of nitrogens with one attached hydrogen (secondary N) is 1. The Labute approximate surface area is 120 Å². The molecule has 0 bridgehead atoms. The summed E-state index contributed by atoms with van der Waals surface area (Å²) in [4.78, 5) is 34.6. The normalized spacial score (nSPS) is 20.4. The molecule has 0 aliphatic carbocycles. The van der Waals surface area contributed by atoms with Gasteiger partial charge in [0, 0.05) is 6.54 Å². The Hall–Kier alpha value is -0.630. The van der Waals surface area contributed by atoms with Crippen LogP contribution in [-0.4, -0.2) is 40.5 Å². The molecule has 17 heavy (non-hydrogen) atoms. The van der Waals surface area contributed by atoms with E-state index >= 15 is 0 Å².